The number of benzene rings is 1. The van der Waals surface area contributed by atoms with Crippen molar-refractivity contribution in [2.24, 2.45) is 0 Å². The van der Waals surface area contributed by atoms with Crippen LogP contribution in [0.3, 0.4) is 0 Å². The van der Waals surface area contributed by atoms with Crippen molar-refractivity contribution in [3.8, 4) is 0 Å². The van der Waals surface area contributed by atoms with Gasteiger partial charge in [0.25, 0.3) is 11.1 Å². The molecule has 31 heavy (non-hydrogen) atoms. The highest BCUT2D eigenvalue weighted by Gasteiger charge is 2.18. The van der Waals surface area contributed by atoms with Crippen LogP contribution < -0.4 is 11.1 Å². The molecule has 0 bridgehead atoms. The van der Waals surface area contributed by atoms with Crippen LogP contribution in [0.4, 0.5) is 0 Å². The molecule has 0 amide bonds. The van der Waals surface area contributed by atoms with E-state index in [0.29, 0.717) is 27.4 Å². The summed E-state index contributed by atoms with van der Waals surface area (Å²) in [5.41, 5.74) is 1.74. The molecule has 0 saturated heterocycles. The predicted octanol–water partition coefficient (Wildman–Crippen LogP) is 2.55. The zero-order valence-corrected chi connectivity index (χ0v) is 17.5. The molecule has 1 aromatic carbocycles. The summed E-state index contributed by atoms with van der Waals surface area (Å²) in [5, 5.41) is 0.511. The number of aryl methyl sites for hydroxylation is 3. The van der Waals surface area contributed by atoms with Crippen LogP contribution in [0.25, 0.3) is 15.9 Å². The van der Waals surface area contributed by atoms with E-state index in [0.717, 1.165) is 31.4 Å². The summed E-state index contributed by atoms with van der Waals surface area (Å²) >= 11 is 1.54. The van der Waals surface area contributed by atoms with Crippen LogP contribution in [0.15, 0.2) is 39.9 Å². The number of aromatic amines is 1. The highest BCUT2D eigenvalue weighted by atomic mass is 32.1. The van der Waals surface area contributed by atoms with Gasteiger partial charge in [-0.05, 0) is 37.8 Å². The first-order valence-corrected chi connectivity index (χ1v) is 11.1. The van der Waals surface area contributed by atoms with Crippen molar-refractivity contribution in [1.82, 2.24) is 19.4 Å². The average molecular weight is 436 g/mol. The van der Waals surface area contributed by atoms with E-state index in [4.69, 9.17) is 4.74 Å². The Morgan fingerprint density at radius 1 is 1.16 bits per heavy atom. The Labute approximate surface area is 180 Å². The molecule has 4 aromatic rings. The Balaban J connectivity index is 1.25. The number of ether oxygens (including phenoxy) is 1. The number of aromatic nitrogens is 4. The quantitative estimate of drug-likeness (QED) is 0.482. The van der Waals surface area contributed by atoms with Gasteiger partial charge in [-0.25, -0.2) is 9.97 Å². The van der Waals surface area contributed by atoms with Crippen LogP contribution in [0, 0.1) is 0 Å². The molecule has 0 fully saturated rings. The van der Waals surface area contributed by atoms with Crippen molar-refractivity contribution in [2.75, 3.05) is 0 Å². The molecular weight excluding hydrogens is 416 g/mol. The number of para-hydroxylation sites is 1. The van der Waals surface area contributed by atoms with Gasteiger partial charge in [0.1, 0.15) is 12.4 Å². The molecule has 1 aliphatic carbocycles. The van der Waals surface area contributed by atoms with Gasteiger partial charge in [0.05, 0.1) is 23.0 Å². The third-order valence-electron chi connectivity index (χ3n) is 5.42. The number of carbonyl (C=O) groups excluding carboxylic acids is 1. The Hall–Kier alpha value is -3.33. The van der Waals surface area contributed by atoms with Crippen LogP contribution >= 0.6 is 11.3 Å². The minimum Gasteiger partial charge on any atom is -0.459 e. The molecule has 158 valence electrons. The Morgan fingerprint density at radius 3 is 2.90 bits per heavy atom. The van der Waals surface area contributed by atoms with Crippen molar-refractivity contribution < 1.29 is 9.53 Å². The van der Waals surface area contributed by atoms with E-state index in [-0.39, 0.29) is 30.6 Å². The lowest BCUT2D eigenvalue weighted by Crippen LogP contribution is -2.19. The largest absolute Gasteiger partial charge is 0.459 e. The molecule has 3 heterocycles. The fraction of sp³-hybridized carbons (Fsp3) is 0.318. The van der Waals surface area contributed by atoms with Crippen LogP contribution in [0.1, 0.15) is 41.4 Å². The maximum atomic E-state index is 12.6. The maximum Gasteiger partial charge on any atom is 0.306 e. The summed E-state index contributed by atoms with van der Waals surface area (Å²) in [6, 6.07) is 8.48. The fourth-order valence-electron chi connectivity index (χ4n) is 3.92. The molecule has 3 aromatic heterocycles. The summed E-state index contributed by atoms with van der Waals surface area (Å²) in [5.74, 6) is -0.00844. The third kappa shape index (κ3) is 3.88. The first-order valence-electron chi connectivity index (χ1n) is 10.3. The van der Waals surface area contributed by atoms with Gasteiger partial charge in [-0.15, -0.1) is 11.3 Å². The van der Waals surface area contributed by atoms with Gasteiger partial charge >= 0.3 is 5.97 Å². The molecular formula is C22H20N4O4S. The van der Waals surface area contributed by atoms with Crippen LogP contribution in [0.2, 0.25) is 0 Å². The zero-order chi connectivity index (χ0) is 21.4. The molecule has 0 atom stereocenters. The molecule has 8 nitrogen and oxygen atoms in total. The second kappa shape index (κ2) is 8.07. The van der Waals surface area contributed by atoms with Gasteiger partial charge in [0, 0.05) is 23.1 Å². The summed E-state index contributed by atoms with van der Waals surface area (Å²) < 4.78 is 7.00. The lowest BCUT2D eigenvalue weighted by molar-refractivity contribution is -0.145. The SMILES string of the molecule is O=C(CCc1nc2ccccc2c(=O)[nH]1)OCc1cc(=O)n2c3c(sc2n1)CCCC3. The third-order valence-corrected chi connectivity index (χ3v) is 6.57. The molecule has 0 spiro atoms. The van der Waals surface area contributed by atoms with Gasteiger partial charge in [-0.3, -0.25) is 18.8 Å². The second-order valence-electron chi connectivity index (χ2n) is 7.57. The van der Waals surface area contributed by atoms with Crippen molar-refractivity contribution in [3.63, 3.8) is 0 Å². The predicted molar refractivity (Wildman–Crippen MR) is 116 cm³/mol. The van der Waals surface area contributed by atoms with Crippen molar-refractivity contribution in [3.05, 3.63) is 73.1 Å². The molecule has 0 saturated carbocycles. The molecule has 0 radical (unpaired) electrons. The van der Waals surface area contributed by atoms with E-state index < -0.39 is 5.97 Å². The minimum absolute atomic E-state index is 0.0607. The number of hydrogen-bond acceptors (Lipinski definition) is 7. The number of carbonyl (C=O) groups is 1. The average Bonchev–Trinajstić information content (AvgIpc) is 3.15. The van der Waals surface area contributed by atoms with Crippen molar-refractivity contribution in [2.45, 2.75) is 45.1 Å². The van der Waals surface area contributed by atoms with Gasteiger partial charge in [-0.1, -0.05) is 12.1 Å². The van der Waals surface area contributed by atoms with Gasteiger partial charge < -0.3 is 9.72 Å². The summed E-state index contributed by atoms with van der Waals surface area (Å²) in [7, 11) is 0. The van der Waals surface area contributed by atoms with E-state index in [1.165, 1.54) is 10.9 Å². The molecule has 1 aliphatic rings. The van der Waals surface area contributed by atoms with Gasteiger partial charge in [0.15, 0.2) is 4.96 Å². The summed E-state index contributed by atoms with van der Waals surface area (Å²) in [4.78, 5) is 50.4. The van der Waals surface area contributed by atoms with E-state index in [9.17, 15) is 14.4 Å². The summed E-state index contributed by atoms with van der Waals surface area (Å²) in [6.45, 7) is -0.0607. The minimum atomic E-state index is -0.441. The summed E-state index contributed by atoms with van der Waals surface area (Å²) in [6.07, 6.45) is 4.42. The van der Waals surface area contributed by atoms with E-state index in [1.54, 1.807) is 33.9 Å². The molecule has 9 heteroatoms. The smallest absolute Gasteiger partial charge is 0.306 e. The fourth-order valence-corrected chi connectivity index (χ4v) is 5.15. The number of esters is 1. The normalized spacial score (nSPS) is 13.4. The first-order chi connectivity index (χ1) is 15.1. The number of fused-ring (bicyclic) bond motifs is 4. The van der Waals surface area contributed by atoms with E-state index >= 15 is 0 Å². The van der Waals surface area contributed by atoms with E-state index in [2.05, 4.69) is 15.0 Å². The number of H-pyrrole nitrogens is 1. The maximum absolute atomic E-state index is 12.6. The zero-order valence-electron chi connectivity index (χ0n) is 16.7. The van der Waals surface area contributed by atoms with Gasteiger partial charge in [0.2, 0.25) is 0 Å². The lowest BCUT2D eigenvalue weighted by atomic mass is 10.0. The second-order valence-corrected chi connectivity index (χ2v) is 8.64. The molecule has 0 unspecified atom stereocenters. The first kappa shape index (κ1) is 19.6. The molecule has 5 rings (SSSR count). The van der Waals surface area contributed by atoms with Crippen LogP contribution in [-0.4, -0.2) is 25.3 Å². The van der Waals surface area contributed by atoms with Crippen molar-refractivity contribution in [1.29, 1.82) is 0 Å². The molecule has 0 aliphatic heterocycles. The van der Waals surface area contributed by atoms with Crippen molar-refractivity contribution >= 4 is 33.2 Å². The monoisotopic (exact) mass is 436 g/mol. The topological polar surface area (TPSA) is 106 Å². The molecule has 1 N–H and O–H groups in total. The Kier molecular flexibility index (Phi) is 5.11. The lowest BCUT2D eigenvalue weighted by Gasteiger charge is -2.10. The van der Waals surface area contributed by atoms with Gasteiger partial charge in [-0.2, -0.15) is 0 Å². The number of nitrogens with zero attached hydrogens (tertiary/aromatic N) is 3. The van der Waals surface area contributed by atoms with E-state index in [1.807, 2.05) is 6.07 Å². The number of nitrogens with one attached hydrogen (secondary N) is 1. The number of hydrogen-bond donors (Lipinski definition) is 1. The van der Waals surface area contributed by atoms with Crippen LogP contribution in [0.5, 0.6) is 0 Å². The highest BCUT2D eigenvalue weighted by Crippen LogP contribution is 2.28. The Morgan fingerprint density at radius 2 is 2.00 bits per heavy atom. The highest BCUT2D eigenvalue weighted by molar-refractivity contribution is 7.17. The number of rotatable bonds is 5. The number of thiazole rings is 1. The Bertz CT molecular complexity index is 1420. The van der Waals surface area contributed by atoms with Crippen LogP contribution in [-0.2, 0) is 35.4 Å². The standard InChI is InChI=1S/C22H20N4O4S/c27-19-11-13(23-22-26(19)16-7-3-4-8-17(16)31-22)12-30-20(28)10-9-18-24-15-6-2-1-5-14(15)21(29)25-18/h1-2,5-6,11H,3-4,7-10,12H2,(H,24,25,29).